The number of aromatic hydroxyl groups is 1. The molecule has 8 rings (SSSR count). The van der Waals surface area contributed by atoms with Crippen LogP contribution in [0.15, 0.2) is 130 Å². The zero-order valence-corrected chi connectivity index (χ0v) is 47.1. The van der Waals surface area contributed by atoms with E-state index in [9.17, 15) is 40.5 Å². The molecule has 0 radical (unpaired) electrons. The number of rotatable bonds is 12. The van der Waals surface area contributed by atoms with E-state index in [1.807, 2.05) is 69.3 Å². The van der Waals surface area contributed by atoms with Gasteiger partial charge in [0, 0.05) is 36.8 Å². The molecule has 3 aliphatic carbocycles. The molecule has 3 aromatic carbocycles. The van der Waals surface area contributed by atoms with Crippen LogP contribution < -0.4 is 27.8 Å². The molecule has 2 heterocycles. The summed E-state index contributed by atoms with van der Waals surface area (Å²) in [6.45, 7) is 9.52. The molecule has 12 unspecified atom stereocenters. The molecule has 0 saturated heterocycles. The predicted octanol–water partition coefficient (Wildman–Crippen LogP) is 6.74. The molecule has 15 nitrogen and oxygen atoms in total. The highest BCUT2D eigenvalue weighted by Gasteiger charge is 2.64. The van der Waals surface area contributed by atoms with E-state index in [1.165, 1.54) is 0 Å². The second-order valence-corrected chi connectivity index (χ2v) is 24.1. The highest BCUT2D eigenvalue weighted by molar-refractivity contribution is 5.99. The van der Waals surface area contributed by atoms with Crippen LogP contribution in [-0.2, 0) is 28.9 Å². The van der Waals surface area contributed by atoms with Crippen molar-refractivity contribution in [3.63, 3.8) is 0 Å². The number of benzene rings is 3. The number of hydrogen-bond acceptors (Lipinski definition) is 12. The molecule has 1 amide bonds. The summed E-state index contributed by atoms with van der Waals surface area (Å²) in [4.78, 5) is 34.7. The molecular formula is C65H88N6O9. The molecule has 12 atom stereocenters. The number of guanidine groups is 1. The van der Waals surface area contributed by atoms with Crippen LogP contribution in [0, 0.1) is 29.1 Å². The van der Waals surface area contributed by atoms with E-state index >= 15 is 4.79 Å². The van der Waals surface area contributed by atoms with Crippen molar-refractivity contribution in [2.24, 2.45) is 51.3 Å². The summed E-state index contributed by atoms with van der Waals surface area (Å²) in [6, 6.07) is 19.2. The van der Waals surface area contributed by atoms with E-state index in [0.29, 0.717) is 71.9 Å². The number of carbonyl (C=O) groups is 2. The molecule has 15 N–H and O–H groups in total. The number of aliphatic imine (C=N–C) groups is 1. The van der Waals surface area contributed by atoms with Gasteiger partial charge in [-0.1, -0.05) is 116 Å². The maximum atomic E-state index is 15.9. The Morgan fingerprint density at radius 1 is 0.925 bits per heavy atom. The number of hydrogen-bond donors (Lipinski definition) is 12. The van der Waals surface area contributed by atoms with Gasteiger partial charge in [0.05, 0.1) is 36.6 Å². The largest absolute Gasteiger partial charge is 0.508 e. The maximum absolute atomic E-state index is 15.9. The number of Topliss-reactive ketones (excluding diaryl/α,β-unsaturated/α-hetero) is 1. The third kappa shape index (κ3) is 13.4. The van der Waals surface area contributed by atoms with Crippen molar-refractivity contribution in [3.05, 3.63) is 159 Å². The van der Waals surface area contributed by atoms with Gasteiger partial charge in [0.25, 0.3) is 0 Å². The molecule has 5 aliphatic rings. The Balaban J connectivity index is 1.25. The second-order valence-electron chi connectivity index (χ2n) is 24.1. The normalized spacial score (nSPS) is 30.0. The molecule has 1 spiro atoms. The minimum Gasteiger partial charge on any atom is -0.508 e. The Morgan fingerprint density at radius 3 is 2.34 bits per heavy atom. The molecule has 80 heavy (non-hydrogen) atoms. The molecular weight excluding hydrogens is 1010 g/mol. The smallest absolute Gasteiger partial charge is 0.243 e. The van der Waals surface area contributed by atoms with Crippen molar-refractivity contribution in [2.75, 3.05) is 19.7 Å². The van der Waals surface area contributed by atoms with Gasteiger partial charge in [-0.15, -0.1) is 0 Å². The van der Waals surface area contributed by atoms with E-state index < -0.39 is 77.2 Å². The van der Waals surface area contributed by atoms with Gasteiger partial charge in [-0.25, -0.2) is 0 Å². The molecule has 15 heteroatoms. The summed E-state index contributed by atoms with van der Waals surface area (Å²) in [5.41, 5.74) is 24.1. The summed E-state index contributed by atoms with van der Waals surface area (Å²) < 4.78 is 0. The lowest BCUT2D eigenvalue weighted by atomic mass is 9.51. The molecule has 0 aromatic heterocycles. The van der Waals surface area contributed by atoms with Crippen LogP contribution in [0.1, 0.15) is 149 Å². The summed E-state index contributed by atoms with van der Waals surface area (Å²) >= 11 is 0. The van der Waals surface area contributed by atoms with Gasteiger partial charge < -0.3 is 58.3 Å². The van der Waals surface area contributed by atoms with Crippen LogP contribution in [0.25, 0.3) is 0 Å². The number of fused-ring (bicyclic) bond motifs is 4. The van der Waals surface area contributed by atoms with Crippen LogP contribution in [0.3, 0.4) is 0 Å². The molecule has 3 fully saturated rings. The number of nitrogens with one attached hydrogen (secondary N) is 2. The number of β-amino-alcohol motifs (C(OH)–C–C–N with tert-alkyl or cyclic N) is 1. The molecule has 2 aliphatic heterocycles. The molecule has 3 saturated carbocycles. The van der Waals surface area contributed by atoms with Gasteiger partial charge >= 0.3 is 0 Å². The van der Waals surface area contributed by atoms with Crippen molar-refractivity contribution in [1.82, 2.24) is 10.6 Å². The average molecular weight is 1100 g/mol. The lowest BCUT2D eigenvalue weighted by molar-refractivity contribution is -0.168. The van der Waals surface area contributed by atoms with Crippen LogP contribution >= 0.6 is 0 Å². The Hall–Kier alpha value is -5.75. The highest BCUT2D eigenvalue weighted by atomic mass is 16.3. The number of phenols is 1. The van der Waals surface area contributed by atoms with Crippen molar-refractivity contribution in [3.8, 4) is 5.75 Å². The first-order valence-electron chi connectivity index (χ1n) is 29.1. The number of nitrogens with two attached hydrogens (primary N) is 3. The fraction of sp³-hybridized carbons (Fsp3) is 0.523. The van der Waals surface area contributed by atoms with Gasteiger partial charge in [0.1, 0.15) is 18.0 Å². The summed E-state index contributed by atoms with van der Waals surface area (Å²) in [6.07, 6.45) is 10.1. The Bertz CT molecular complexity index is 2840. The van der Waals surface area contributed by atoms with E-state index in [1.54, 1.807) is 42.5 Å². The lowest BCUT2D eigenvalue weighted by Crippen LogP contribution is -2.59. The third-order valence-electron chi connectivity index (χ3n) is 18.6. The first-order valence-corrected chi connectivity index (χ1v) is 29.1. The van der Waals surface area contributed by atoms with Crippen molar-refractivity contribution in [1.29, 1.82) is 0 Å². The monoisotopic (exact) mass is 1100 g/mol. The topological polar surface area (TPSA) is 290 Å². The number of carbonyl (C=O) groups excluding carboxylic acids is 2. The van der Waals surface area contributed by atoms with Crippen LogP contribution in [-0.4, -0.2) is 103 Å². The number of phenolic OH excluding ortho intramolecular Hbond substituents is 1. The van der Waals surface area contributed by atoms with Gasteiger partial charge in [-0.05, 0) is 171 Å². The Labute approximate surface area is 472 Å². The van der Waals surface area contributed by atoms with Crippen molar-refractivity contribution in [2.45, 2.75) is 165 Å². The number of aliphatic hydroxyl groups excluding tert-OH is 5. The average Bonchev–Trinajstić information content (AvgIpc) is 3.92. The zero-order valence-electron chi connectivity index (χ0n) is 47.1. The van der Waals surface area contributed by atoms with Crippen molar-refractivity contribution >= 4 is 17.6 Å². The first-order chi connectivity index (χ1) is 38.2. The predicted molar refractivity (Wildman–Crippen MR) is 313 cm³/mol. The highest BCUT2D eigenvalue weighted by Crippen LogP contribution is 2.64. The van der Waals surface area contributed by atoms with Gasteiger partial charge in [-0.3, -0.25) is 19.9 Å². The Kier molecular flexibility index (Phi) is 19.9. The lowest BCUT2D eigenvalue weighted by Gasteiger charge is -2.56. The third-order valence-corrected chi connectivity index (χ3v) is 18.6. The van der Waals surface area contributed by atoms with Crippen LogP contribution in [0.2, 0.25) is 0 Å². The minimum atomic E-state index is -1.41. The minimum absolute atomic E-state index is 0.0556. The number of nitrogens with zero attached hydrogens (tertiary/aromatic N) is 1. The van der Waals surface area contributed by atoms with E-state index in [2.05, 4.69) is 22.2 Å². The zero-order chi connectivity index (χ0) is 57.5. The van der Waals surface area contributed by atoms with Gasteiger partial charge in [0.2, 0.25) is 5.91 Å². The fourth-order valence-electron chi connectivity index (χ4n) is 14.5. The Morgan fingerprint density at radius 2 is 1.64 bits per heavy atom. The summed E-state index contributed by atoms with van der Waals surface area (Å²) in [7, 11) is 0. The summed E-state index contributed by atoms with van der Waals surface area (Å²) in [5.74, 6) is -2.78. The van der Waals surface area contributed by atoms with Crippen LogP contribution in [0.5, 0.6) is 5.75 Å². The number of ketones is 1. The van der Waals surface area contributed by atoms with Gasteiger partial charge in [0.15, 0.2) is 11.7 Å². The molecule has 432 valence electrons. The molecule has 3 aromatic rings. The standard InChI is InChI=1S/C65H88N6O9/c1-38(2)19-26-54(75)39(3)11-8-17-45(37-72)48-28-30-65(60(48)78)53-25-24-47(74)32-40-12-9-13-41(31-40)33-51(52(35-70-63(67)68)42-20-22-46(73)23-21-42)56(77)36-69-59-58-44(16-10-18-50(58)61(66)71-62(59)79)34-55(76)57(43-14-6-5-7-15-43)49(53)27-29-64(65,4)80/h8-13,16-23,31,43,47-48,51-54,56,59-61,69,72-75,77-78,80H,3,5-7,14-15,24-30,32-37,66H2,1-2,4H3,(H,71,79)(H4,67,68,70). The maximum Gasteiger partial charge on any atom is 0.243 e. The summed E-state index contributed by atoms with van der Waals surface area (Å²) in [5, 5.41) is 89.4. The first kappa shape index (κ1) is 60.3. The number of allylic oxidation sites excluding steroid dienone is 5. The second kappa shape index (κ2) is 26.4. The van der Waals surface area contributed by atoms with Crippen LogP contribution in [0.4, 0.5) is 0 Å². The molecule has 2 bridgehead atoms. The van der Waals surface area contributed by atoms with Crippen molar-refractivity contribution < 1.29 is 45.3 Å². The SMILES string of the molecule is C=C(C=CC=C(CO)C1CCC2(C3CCC(O)Cc4cccc(c4)CC(C(CN=C(N)N)c4ccc(O)cc4)C(O)CNC4C(=O)NC(N)c5cccc(c54)CC(=O)C(C4CCCCC4)=C3CCC2(C)O)C1O)C(O)CC=C(C)C. The number of aliphatic hydroxyl groups is 6. The van der Waals surface area contributed by atoms with E-state index in [4.69, 9.17) is 17.2 Å². The van der Waals surface area contributed by atoms with Gasteiger partial charge in [-0.2, -0.15) is 0 Å². The van der Waals surface area contributed by atoms with E-state index in [-0.39, 0.29) is 68.8 Å². The number of amides is 1. The van der Waals surface area contributed by atoms with E-state index in [0.717, 1.165) is 59.9 Å². The fourth-order valence-corrected chi connectivity index (χ4v) is 14.5. The quantitative estimate of drug-likeness (QED) is 0.0388.